The maximum Gasteiger partial charge on any atom is 0.333 e. The third kappa shape index (κ3) is 1.87. The number of pyridine rings is 1. The quantitative estimate of drug-likeness (QED) is 0.681. The summed E-state index contributed by atoms with van der Waals surface area (Å²) in [4.78, 5) is 16.4. The van der Waals surface area contributed by atoms with Crippen LogP contribution in [0.2, 0.25) is 5.15 Å². The smallest absolute Gasteiger partial charge is 0.333 e. The van der Waals surface area contributed by atoms with E-state index >= 15 is 0 Å². The average molecular weight is 290 g/mol. The highest BCUT2D eigenvalue weighted by Crippen LogP contribution is 2.20. The van der Waals surface area contributed by atoms with E-state index in [1.807, 2.05) is 24.3 Å². The molecule has 3 rings (SSSR count). The number of hydrogen-bond donors (Lipinski definition) is 0. The van der Waals surface area contributed by atoms with Gasteiger partial charge in [0.15, 0.2) is 0 Å². The Hall–Kier alpha value is -2.27. The maximum atomic E-state index is 12.4. The molecule has 102 valence electrons. The summed E-state index contributed by atoms with van der Waals surface area (Å²) in [6, 6.07) is 8.96. The van der Waals surface area contributed by atoms with Crippen LogP contribution in [-0.2, 0) is 7.05 Å². The van der Waals surface area contributed by atoms with Gasteiger partial charge in [-0.15, -0.1) is 0 Å². The van der Waals surface area contributed by atoms with Gasteiger partial charge in [-0.3, -0.25) is 9.13 Å². The van der Waals surface area contributed by atoms with Crippen molar-refractivity contribution in [2.45, 2.75) is 0 Å². The number of fused-ring (bicyclic) bond motifs is 1. The second kappa shape index (κ2) is 4.68. The molecule has 0 saturated carbocycles. The maximum absolute atomic E-state index is 12.4. The van der Waals surface area contributed by atoms with Crippen LogP contribution in [0, 0.1) is 0 Å². The van der Waals surface area contributed by atoms with Gasteiger partial charge in [0.2, 0.25) is 0 Å². The van der Waals surface area contributed by atoms with Crippen LogP contribution < -0.4 is 10.4 Å². The molecule has 1 aromatic carbocycles. The second-order valence-electron chi connectivity index (χ2n) is 4.37. The molecule has 0 aliphatic rings. The Morgan fingerprint density at radius 3 is 2.55 bits per heavy atom. The number of rotatable bonds is 2. The predicted octanol–water partition coefficient (Wildman–Crippen LogP) is 2.39. The topological polar surface area (TPSA) is 49.0 Å². The van der Waals surface area contributed by atoms with Crippen molar-refractivity contribution in [3.05, 3.63) is 52.2 Å². The molecule has 3 aromatic rings. The minimum Gasteiger partial charge on any atom is -0.497 e. The Labute approximate surface area is 120 Å². The van der Waals surface area contributed by atoms with E-state index < -0.39 is 0 Å². The molecule has 20 heavy (non-hydrogen) atoms. The molecule has 0 spiro atoms. The first-order chi connectivity index (χ1) is 9.61. The van der Waals surface area contributed by atoms with E-state index in [1.165, 1.54) is 0 Å². The van der Waals surface area contributed by atoms with E-state index in [0.29, 0.717) is 5.15 Å². The summed E-state index contributed by atoms with van der Waals surface area (Å²) >= 11 is 5.93. The number of methoxy groups -OCH3 is 1. The Morgan fingerprint density at radius 2 is 1.90 bits per heavy atom. The summed E-state index contributed by atoms with van der Waals surface area (Å²) in [5.41, 5.74) is 2.07. The van der Waals surface area contributed by atoms with Gasteiger partial charge in [0.05, 0.1) is 30.0 Å². The van der Waals surface area contributed by atoms with Crippen LogP contribution in [0.15, 0.2) is 41.3 Å². The number of benzene rings is 1. The van der Waals surface area contributed by atoms with Crippen molar-refractivity contribution < 1.29 is 4.74 Å². The molecule has 0 amide bonds. The molecule has 0 fully saturated rings. The number of imidazole rings is 1. The normalized spacial score (nSPS) is 10.9. The van der Waals surface area contributed by atoms with Gasteiger partial charge in [0.1, 0.15) is 10.9 Å². The summed E-state index contributed by atoms with van der Waals surface area (Å²) in [6.45, 7) is 0. The van der Waals surface area contributed by atoms with Crippen molar-refractivity contribution in [2.75, 3.05) is 7.11 Å². The lowest BCUT2D eigenvalue weighted by atomic mass is 10.3. The summed E-state index contributed by atoms with van der Waals surface area (Å²) in [5.74, 6) is 0.738. The standard InChI is InChI=1S/C14H12ClN3O2/c1-17-12-8-16-13(15)7-11(12)18(14(17)19)9-3-5-10(20-2)6-4-9/h3-8H,1-2H3. The first-order valence-electron chi connectivity index (χ1n) is 5.99. The Kier molecular flexibility index (Phi) is 2.99. The lowest BCUT2D eigenvalue weighted by molar-refractivity contribution is 0.414. The highest BCUT2D eigenvalue weighted by atomic mass is 35.5. The highest BCUT2D eigenvalue weighted by Gasteiger charge is 2.13. The third-order valence-electron chi connectivity index (χ3n) is 3.24. The van der Waals surface area contributed by atoms with Crippen LogP contribution in [0.25, 0.3) is 16.7 Å². The molecular weight excluding hydrogens is 278 g/mol. The number of ether oxygens (including phenoxy) is 1. The highest BCUT2D eigenvalue weighted by molar-refractivity contribution is 6.29. The van der Waals surface area contributed by atoms with Gasteiger partial charge in [0.25, 0.3) is 0 Å². The van der Waals surface area contributed by atoms with Gasteiger partial charge >= 0.3 is 5.69 Å². The van der Waals surface area contributed by atoms with Gasteiger partial charge in [-0.1, -0.05) is 11.6 Å². The van der Waals surface area contributed by atoms with E-state index in [2.05, 4.69) is 4.98 Å². The Morgan fingerprint density at radius 1 is 1.20 bits per heavy atom. The fourth-order valence-corrected chi connectivity index (χ4v) is 2.34. The van der Waals surface area contributed by atoms with Crippen LogP contribution >= 0.6 is 11.6 Å². The van der Waals surface area contributed by atoms with E-state index in [9.17, 15) is 4.79 Å². The minimum atomic E-state index is -0.144. The molecule has 0 aliphatic carbocycles. The van der Waals surface area contributed by atoms with Crippen LogP contribution in [0.4, 0.5) is 0 Å². The molecule has 0 radical (unpaired) electrons. The number of hydrogen-bond acceptors (Lipinski definition) is 3. The van der Waals surface area contributed by atoms with Gasteiger partial charge < -0.3 is 4.74 Å². The van der Waals surface area contributed by atoms with Crippen LogP contribution in [-0.4, -0.2) is 21.2 Å². The third-order valence-corrected chi connectivity index (χ3v) is 3.45. The van der Waals surface area contributed by atoms with Gasteiger partial charge in [-0.05, 0) is 24.3 Å². The van der Waals surface area contributed by atoms with Crippen molar-refractivity contribution >= 4 is 22.6 Å². The Balaban J connectivity index is 2.31. The molecule has 2 aromatic heterocycles. The fourth-order valence-electron chi connectivity index (χ4n) is 2.19. The summed E-state index contributed by atoms with van der Waals surface area (Å²) in [6.07, 6.45) is 1.60. The number of aromatic nitrogens is 3. The van der Waals surface area contributed by atoms with Crippen molar-refractivity contribution in [1.29, 1.82) is 0 Å². The van der Waals surface area contributed by atoms with Gasteiger partial charge in [-0.25, -0.2) is 9.78 Å². The molecule has 0 bridgehead atoms. The lowest BCUT2D eigenvalue weighted by Gasteiger charge is -2.05. The van der Waals surface area contributed by atoms with Gasteiger partial charge in [0, 0.05) is 13.1 Å². The van der Waals surface area contributed by atoms with E-state index in [4.69, 9.17) is 16.3 Å². The second-order valence-corrected chi connectivity index (χ2v) is 4.76. The van der Waals surface area contributed by atoms with E-state index in [0.717, 1.165) is 22.5 Å². The summed E-state index contributed by atoms with van der Waals surface area (Å²) in [7, 11) is 3.31. The van der Waals surface area contributed by atoms with Crippen LogP contribution in [0.5, 0.6) is 5.75 Å². The number of halogens is 1. The zero-order valence-electron chi connectivity index (χ0n) is 11.0. The van der Waals surface area contributed by atoms with Crippen LogP contribution in [0.3, 0.4) is 0 Å². The molecule has 5 nitrogen and oxygen atoms in total. The summed E-state index contributed by atoms with van der Waals surface area (Å²) in [5, 5.41) is 0.352. The SMILES string of the molecule is COc1ccc(-n2c(=O)n(C)c3cnc(Cl)cc32)cc1. The zero-order valence-corrected chi connectivity index (χ0v) is 11.8. The molecule has 0 N–H and O–H groups in total. The van der Waals surface area contributed by atoms with Crippen molar-refractivity contribution in [1.82, 2.24) is 14.1 Å². The Bertz CT molecular complexity index is 834. The molecule has 6 heteroatoms. The largest absolute Gasteiger partial charge is 0.497 e. The molecular formula is C14H12ClN3O2. The summed E-state index contributed by atoms with van der Waals surface area (Å²) < 4.78 is 8.27. The number of nitrogens with zero attached hydrogens (tertiary/aromatic N) is 3. The monoisotopic (exact) mass is 289 g/mol. The van der Waals surface area contributed by atoms with E-state index in [1.54, 1.807) is 35.6 Å². The predicted molar refractivity (Wildman–Crippen MR) is 77.9 cm³/mol. The minimum absolute atomic E-state index is 0.144. The molecule has 0 atom stereocenters. The number of aryl methyl sites for hydroxylation is 1. The first kappa shape index (κ1) is 12.7. The molecule has 2 heterocycles. The van der Waals surface area contributed by atoms with Gasteiger partial charge in [-0.2, -0.15) is 0 Å². The fraction of sp³-hybridized carbons (Fsp3) is 0.143. The first-order valence-corrected chi connectivity index (χ1v) is 6.37. The molecule has 0 saturated heterocycles. The van der Waals surface area contributed by atoms with Crippen molar-refractivity contribution in [2.24, 2.45) is 7.05 Å². The van der Waals surface area contributed by atoms with Crippen molar-refractivity contribution in [3.8, 4) is 11.4 Å². The van der Waals surface area contributed by atoms with E-state index in [-0.39, 0.29) is 5.69 Å². The van der Waals surface area contributed by atoms with Crippen LogP contribution in [0.1, 0.15) is 0 Å². The average Bonchev–Trinajstić information content (AvgIpc) is 2.71. The van der Waals surface area contributed by atoms with Crippen molar-refractivity contribution in [3.63, 3.8) is 0 Å². The lowest BCUT2D eigenvalue weighted by Crippen LogP contribution is -2.20. The zero-order chi connectivity index (χ0) is 14.3. The molecule has 0 aliphatic heterocycles. The molecule has 0 unspecified atom stereocenters.